The largest absolute Gasteiger partial charge is 0.461 e. The second-order valence-electron chi connectivity index (χ2n) is 4.35. The number of hydrogen-bond acceptors (Lipinski definition) is 2. The van der Waals surface area contributed by atoms with E-state index in [-0.39, 0.29) is 18.0 Å². The molecular weight excluding hydrogens is 315 g/mol. The Kier molecular flexibility index (Phi) is 3.52. The van der Waals surface area contributed by atoms with Crippen molar-refractivity contribution in [3.05, 3.63) is 35.4 Å². The fraction of sp³-hybridized carbons (Fsp3) is 0.462. The lowest BCUT2D eigenvalue weighted by atomic mass is 9.91. The van der Waals surface area contributed by atoms with Gasteiger partial charge in [0.1, 0.15) is 6.10 Å². The second kappa shape index (κ2) is 4.73. The molecule has 1 aliphatic rings. The molecule has 2 nitrogen and oxygen atoms in total. The van der Waals surface area contributed by atoms with E-state index in [0.29, 0.717) is 10.3 Å². The predicted octanol–water partition coefficient (Wildman–Crippen LogP) is 3.22. The van der Waals surface area contributed by atoms with Gasteiger partial charge in [-0.25, -0.2) is 0 Å². The molecule has 16 heavy (non-hydrogen) atoms. The van der Waals surface area contributed by atoms with Gasteiger partial charge in [0.2, 0.25) is 0 Å². The first-order valence-electron chi connectivity index (χ1n) is 5.48. The van der Waals surface area contributed by atoms with E-state index in [1.54, 1.807) is 0 Å². The van der Waals surface area contributed by atoms with Crippen LogP contribution in [-0.4, -0.2) is 16.0 Å². The first-order chi connectivity index (χ1) is 7.58. The molecule has 2 rings (SSSR count). The molecule has 86 valence electrons. The number of carbonyl (C=O) groups is 1. The summed E-state index contributed by atoms with van der Waals surface area (Å²) in [4.78, 5) is 11.4. The van der Waals surface area contributed by atoms with Crippen molar-refractivity contribution in [3.63, 3.8) is 0 Å². The van der Waals surface area contributed by atoms with Crippen molar-refractivity contribution >= 4 is 28.6 Å². The zero-order chi connectivity index (χ0) is 11.7. The summed E-state index contributed by atoms with van der Waals surface area (Å²) < 4.78 is 5.72. The molecule has 0 amide bonds. The fourth-order valence-corrected chi connectivity index (χ4v) is 2.76. The number of esters is 1. The number of carbonyl (C=O) groups excluding carboxylic acids is 1. The van der Waals surface area contributed by atoms with Crippen LogP contribution >= 0.6 is 22.6 Å². The Bertz CT molecular complexity index is 383. The molecule has 1 aromatic rings. The van der Waals surface area contributed by atoms with Gasteiger partial charge in [-0.1, -0.05) is 52.4 Å². The summed E-state index contributed by atoms with van der Waals surface area (Å²) >= 11 is 2.33. The van der Waals surface area contributed by atoms with Gasteiger partial charge in [0.05, 0.1) is 6.42 Å². The highest BCUT2D eigenvalue weighted by Crippen LogP contribution is 2.36. The summed E-state index contributed by atoms with van der Waals surface area (Å²) in [7, 11) is 0. The molecule has 3 heteroatoms. The number of hydrogen-bond donors (Lipinski definition) is 0. The monoisotopic (exact) mass is 330 g/mol. The van der Waals surface area contributed by atoms with Gasteiger partial charge in [0.15, 0.2) is 0 Å². The Labute approximate surface area is 110 Å². The third kappa shape index (κ3) is 2.39. The summed E-state index contributed by atoms with van der Waals surface area (Å²) in [6.07, 6.45) is 0.539. The molecule has 3 atom stereocenters. The SMILES string of the molecule is Cc1ccc([C@H]2CC(=O)O[C@@H]2[C@@H](C)I)cc1. The van der Waals surface area contributed by atoms with Crippen LogP contribution in [0.1, 0.15) is 30.4 Å². The van der Waals surface area contributed by atoms with E-state index in [0.717, 1.165) is 0 Å². The highest BCUT2D eigenvalue weighted by molar-refractivity contribution is 14.1. The van der Waals surface area contributed by atoms with E-state index in [4.69, 9.17) is 4.74 Å². The van der Waals surface area contributed by atoms with Crippen molar-refractivity contribution in [3.8, 4) is 0 Å². The molecule has 1 aliphatic heterocycles. The smallest absolute Gasteiger partial charge is 0.306 e. The first-order valence-corrected chi connectivity index (χ1v) is 6.72. The zero-order valence-corrected chi connectivity index (χ0v) is 11.6. The van der Waals surface area contributed by atoms with Crippen LogP contribution in [0.4, 0.5) is 0 Å². The number of alkyl halides is 1. The Morgan fingerprint density at radius 1 is 1.38 bits per heavy atom. The number of halogens is 1. The normalized spacial score (nSPS) is 26.6. The number of ether oxygens (including phenoxy) is 1. The summed E-state index contributed by atoms with van der Waals surface area (Å²) in [5.74, 6) is 0.152. The molecule has 1 fully saturated rings. The molecule has 0 radical (unpaired) electrons. The summed E-state index contributed by atoms with van der Waals surface area (Å²) in [5, 5.41) is 0. The van der Waals surface area contributed by atoms with Crippen molar-refractivity contribution in [1.82, 2.24) is 0 Å². The lowest BCUT2D eigenvalue weighted by Crippen LogP contribution is -2.23. The summed E-state index contributed by atoms with van der Waals surface area (Å²) in [6, 6.07) is 8.39. The maximum atomic E-state index is 11.4. The van der Waals surface area contributed by atoms with Gasteiger partial charge in [-0.3, -0.25) is 4.79 Å². The molecule has 0 saturated carbocycles. The molecule has 0 N–H and O–H groups in total. The highest BCUT2D eigenvalue weighted by Gasteiger charge is 2.38. The van der Waals surface area contributed by atoms with Crippen molar-refractivity contribution in [1.29, 1.82) is 0 Å². The molecule has 0 aromatic heterocycles. The topological polar surface area (TPSA) is 26.3 Å². The van der Waals surface area contributed by atoms with Gasteiger partial charge in [-0.05, 0) is 19.4 Å². The average molecular weight is 330 g/mol. The Balaban J connectivity index is 2.25. The Morgan fingerprint density at radius 2 is 2.00 bits per heavy atom. The maximum absolute atomic E-state index is 11.4. The zero-order valence-electron chi connectivity index (χ0n) is 9.44. The van der Waals surface area contributed by atoms with Crippen molar-refractivity contribution in [2.24, 2.45) is 0 Å². The van der Waals surface area contributed by atoms with Crippen LogP contribution in [-0.2, 0) is 9.53 Å². The number of cyclic esters (lactones) is 1. The van der Waals surface area contributed by atoms with E-state index in [1.165, 1.54) is 11.1 Å². The van der Waals surface area contributed by atoms with Crippen LogP contribution < -0.4 is 0 Å². The van der Waals surface area contributed by atoms with Gasteiger partial charge >= 0.3 is 5.97 Å². The van der Waals surface area contributed by atoms with Gasteiger partial charge in [-0.15, -0.1) is 0 Å². The molecular formula is C13H15IO2. The van der Waals surface area contributed by atoms with Crippen molar-refractivity contribution in [2.45, 2.75) is 36.2 Å². The molecule has 0 aliphatic carbocycles. The third-order valence-corrected chi connectivity index (χ3v) is 3.72. The molecule has 0 spiro atoms. The minimum Gasteiger partial charge on any atom is -0.461 e. The number of aryl methyl sites for hydroxylation is 1. The minimum atomic E-state index is -0.0703. The summed E-state index contributed by atoms with van der Waals surface area (Å²) in [6.45, 7) is 4.16. The minimum absolute atomic E-state index is 0.0239. The Hall–Kier alpha value is -0.580. The lowest BCUT2D eigenvalue weighted by Gasteiger charge is -2.20. The van der Waals surface area contributed by atoms with E-state index >= 15 is 0 Å². The van der Waals surface area contributed by atoms with Gasteiger partial charge < -0.3 is 4.74 Å². The van der Waals surface area contributed by atoms with E-state index in [2.05, 4.69) is 60.7 Å². The standard InChI is InChI=1S/C13H15IO2/c1-8-3-5-10(6-4-8)11-7-12(15)16-13(11)9(2)14/h3-6,9,11,13H,7H2,1-2H3/t9-,11-,13-/m1/s1. The van der Waals surface area contributed by atoms with Crippen molar-refractivity contribution < 1.29 is 9.53 Å². The number of rotatable bonds is 2. The van der Waals surface area contributed by atoms with Gasteiger partial charge in [0.25, 0.3) is 0 Å². The van der Waals surface area contributed by atoms with Crippen LogP contribution in [0.15, 0.2) is 24.3 Å². The molecule has 0 bridgehead atoms. The lowest BCUT2D eigenvalue weighted by molar-refractivity contribution is -0.141. The molecule has 1 heterocycles. The molecule has 1 saturated heterocycles. The maximum Gasteiger partial charge on any atom is 0.306 e. The summed E-state index contributed by atoms with van der Waals surface area (Å²) in [5.41, 5.74) is 2.46. The van der Waals surface area contributed by atoms with Crippen LogP contribution in [0.25, 0.3) is 0 Å². The Morgan fingerprint density at radius 3 is 2.56 bits per heavy atom. The van der Waals surface area contributed by atoms with Crippen molar-refractivity contribution in [2.75, 3.05) is 0 Å². The van der Waals surface area contributed by atoms with E-state index in [9.17, 15) is 4.79 Å². The van der Waals surface area contributed by atoms with Crippen LogP contribution in [0.2, 0.25) is 0 Å². The van der Waals surface area contributed by atoms with E-state index < -0.39 is 0 Å². The van der Waals surface area contributed by atoms with Gasteiger partial charge in [0, 0.05) is 9.84 Å². The highest BCUT2D eigenvalue weighted by atomic mass is 127. The number of benzene rings is 1. The first kappa shape index (κ1) is 11.9. The molecule has 0 unspecified atom stereocenters. The van der Waals surface area contributed by atoms with E-state index in [1.807, 2.05) is 0 Å². The quantitative estimate of drug-likeness (QED) is 0.473. The third-order valence-electron chi connectivity index (χ3n) is 3.01. The van der Waals surface area contributed by atoms with Crippen LogP contribution in [0.5, 0.6) is 0 Å². The van der Waals surface area contributed by atoms with Crippen LogP contribution in [0.3, 0.4) is 0 Å². The van der Waals surface area contributed by atoms with Gasteiger partial charge in [-0.2, -0.15) is 0 Å². The molecule has 1 aromatic carbocycles. The van der Waals surface area contributed by atoms with Crippen LogP contribution in [0, 0.1) is 6.92 Å². The second-order valence-corrected chi connectivity index (χ2v) is 6.32. The predicted molar refractivity (Wildman–Crippen MR) is 71.9 cm³/mol. The average Bonchev–Trinajstić information content (AvgIpc) is 2.61. The fourth-order valence-electron chi connectivity index (χ4n) is 2.11.